The van der Waals surface area contributed by atoms with Gasteiger partial charge >= 0.3 is 0 Å². The van der Waals surface area contributed by atoms with Crippen LogP contribution in [0.5, 0.6) is 0 Å². The molecule has 0 fully saturated rings. The van der Waals surface area contributed by atoms with E-state index in [0.29, 0.717) is 0 Å². The number of hydrogen-bond acceptors (Lipinski definition) is 4. The monoisotopic (exact) mass is 273 g/mol. The number of anilines is 1. The Balaban J connectivity index is 2.33. The molecule has 0 aromatic carbocycles. The van der Waals surface area contributed by atoms with Gasteiger partial charge in [0.2, 0.25) is 0 Å². The van der Waals surface area contributed by atoms with E-state index >= 15 is 0 Å². The number of pyridine rings is 1. The van der Waals surface area contributed by atoms with Crippen molar-refractivity contribution >= 4 is 5.82 Å². The molecule has 0 atom stereocenters. The van der Waals surface area contributed by atoms with Gasteiger partial charge in [0, 0.05) is 44.3 Å². The Kier molecular flexibility index (Phi) is 4.39. The lowest BCUT2D eigenvalue weighted by atomic mass is 10.1. The molecule has 2 heterocycles. The van der Waals surface area contributed by atoms with Gasteiger partial charge in [0.15, 0.2) is 0 Å². The molecule has 0 aliphatic rings. The average molecular weight is 273 g/mol. The first kappa shape index (κ1) is 14.5. The zero-order chi connectivity index (χ0) is 14.7. The number of hydrogen-bond donors (Lipinski definition) is 1. The third-order valence-corrected chi connectivity index (χ3v) is 3.47. The highest BCUT2D eigenvalue weighted by molar-refractivity contribution is 5.51. The fourth-order valence-electron chi connectivity index (χ4n) is 2.39. The standard InChI is InChI=1S/C15H23N5/c1-11-8-12(2)18-15(13(11)9-16-3)20(5)10-14-17-6-7-19(14)4/h6-8,16H,9-10H2,1-5H3. The van der Waals surface area contributed by atoms with Gasteiger partial charge in [-0.25, -0.2) is 9.97 Å². The number of nitrogens with zero attached hydrogens (tertiary/aromatic N) is 4. The van der Waals surface area contributed by atoms with Crippen molar-refractivity contribution in [1.29, 1.82) is 0 Å². The summed E-state index contributed by atoms with van der Waals surface area (Å²) >= 11 is 0. The summed E-state index contributed by atoms with van der Waals surface area (Å²) < 4.78 is 2.04. The highest BCUT2D eigenvalue weighted by Gasteiger charge is 2.14. The van der Waals surface area contributed by atoms with Crippen molar-refractivity contribution < 1.29 is 0 Å². The molecule has 0 aliphatic carbocycles. The van der Waals surface area contributed by atoms with Crippen molar-refractivity contribution in [2.24, 2.45) is 7.05 Å². The summed E-state index contributed by atoms with van der Waals surface area (Å²) in [7, 11) is 6.04. The van der Waals surface area contributed by atoms with Gasteiger partial charge in [0.25, 0.3) is 0 Å². The van der Waals surface area contributed by atoms with Gasteiger partial charge in [0.05, 0.1) is 6.54 Å². The van der Waals surface area contributed by atoms with Crippen LogP contribution < -0.4 is 10.2 Å². The first-order valence-corrected chi connectivity index (χ1v) is 6.82. The van der Waals surface area contributed by atoms with Crippen LogP contribution in [0.3, 0.4) is 0 Å². The van der Waals surface area contributed by atoms with Gasteiger partial charge in [-0.15, -0.1) is 0 Å². The van der Waals surface area contributed by atoms with Gasteiger partial charge in [-0.1, -0.05) is 0 Å². The van der Waals surface area contributed by atoms with E-state index < -0.39 is 0 Å². The normalized spacial score (nSPS) is 10.8. The predicted molar refractivity (Wildman–Crippen MR) is 81.8 cm³/mol. The van der Waals surface area contributed by atoms with Crippen molar-refractivity contribution in [3.63, 3.8) is 0 Å². The highest BCUT2D eigenvalue weighted by atomic mass is 15.2. The zero-order valence-electron chi connectivity index (χ0n) is 12.9. The maximum Gasteiger partial charge on any atom is 0.133 e. The summed E-state index contributed by atoms with van der Waals surface area (Å²) in [6, 6.07) is 2.13. The van der Waals surface area contributed by atoms with E-state index in [4.69, 9.17) is 4.98 Å². The van der Waals surface area contributed by atoms with E-state index in [-0.39, 0.29) is 0 Å². The molecule has 2 aromatic rings. The lowest BCUT2D eigenvalue weighted by Crippen LogP contribution is -2.23. The molecule has 20 heavy (non-hydrogen) atoms. The molecule has 0 unspecified atom stereocenters. The third kappa shape index (κ3) is 2.99. The van der Waals surface area contributed by atoms with Gasteiger partial charge < -0.3 is 14.8 Å². The SMILES string of the molecule is CNCc1c(C)cc(C)nc1N(C)Cc1nccn1C. The summed E-state index contributed by atoms with van der Waals surface area (Å²) in [6.07, 6.45) is 3.79. The second kappa shape index (κ2) is 6.05. The molecule has 2 rings (SSSR count). The van der Waals surface area contributed by atoms with Crippen LogP contribution in [0.2, 0.25) is 0 Å². The molecular formula is C15H23N5. The lowest BCUT2D eigenvalue weighted by molar-refractivity contribution is 0.739. The minimum atomic E-state index is 0.746. The lowest BCUT2D eigenvalue weighted by Gasteiger charge is -2.23. The number of nitrogens with one attached hydrogen (secondary N) is 1. The molecule has 0 radical (unpaired) electrons. The Morgan fingerprint density at radius 1 is 1.35 bits per heavy atom. The summed E-state index contributed by atoms with van der Waals surface area (Å²) in [5, 5.41) is 3.22. The van der Waals surface area contributed by atoms with E-state index in [2.05, 4.69) is 35.2 Å². The zero-order valence-corrected chi connectivity index (χ0v) is 12.9. The predicted octanol–water partition coefficient (Wildman–Crippen LogP) is 1.79. The molecular weight excluding hydrogens is 250 g/mol. The molecule has 5 heteroatoms. The number of aromatic nitrogens is 3. The van der Waals surface area contributed by atoms with Crippen molar-refractivity contribution in [3.05, 3.63) is 41.1 Å². The Morgan fingerprint density at radius 3 is 2.70 bits per heavy atom. The maximum absolute atomic E-state index is 4.71. The first-order chi connectivity index (χ1) is 9.52. The quantitative estimate of drug-likeness (QED) is 0.902. The van der Waals surface area contributed by atoms with Crippen LogP contribution in [-0.4, -0.2) is 28.6 Å². The van der Waals surface area contributed by atoms with Crippen molar-refractivity contribution in [1.82, 2.24) is 19.9 Å². The van der Waals surface area contributed by atoms with Crippen molar-refractivity contribution in [3.8, 4) is 0 Å². The molecule has 108 valence electrons. The molecule has 0 saturated heterocycles. The summed E-state index contributed by atoms with van der Waals surface area (Å²) in [5.41, 5.74) is 3.56. The van der Waals surface area contributed by atoms with Gasteiger partial charge in [0.1, 0.15) is 11.6 Å². The maximum atomic E-state index is 4.71. The molecule has 0 amide bonds. The van der Waals surface area contributed by atoms with Crippen LogP contribution in [0.4, 0.5) is 5.82 Å². The minimum Gasteiger partial charge on any atom is -0.352 e. The summed E-state index contributed by atoms with van der Waals surface area (Å²) in [4.78, 5) is 11.3. The van der Waals surface area contributed by atoms with Gasteiger partial charge in [-0.05, 0) is 32.5 Å². The van der Waals surface area contributed by atoms with Crippen LogP contribution in [0.15, 0.2) is 18.5 Å². The number of aryl methyl sites for hydroxylation is 3. The highest BCUT2D eigenvalue weighted by Crippen LogP contribution is 2.22. The molecule has 5 nitrogen and oxygen atoms in total. The van der Waals surface area contributed by atoms with E-state index in [9.17, 15) is 0 Å². The largest absolute Gasteiger partial charge is 0.352 e. The van der Waals surface area contributed by atoms with Crippen LogP contribution in [0.25, 0.3) is 0 Å². The topological polar surface area (TPSA) is 46.0 Å². The minimum absolute atomic E-state index is 0.746. The summed E-state index contributed by atoms with van der Waals surface area (Å²) in [5.74, 6) is 2.06. The second-order valence-corrected chi connectivity index (χ2v) is 5.22. The molecule has 0 saturated carbocycles. The summed E-state index contributed by atoms with van der Waals surface area (Å²) in [6.45, 7) is 5.74. The van der Waals surface area contributed by atoms with E-state index in [1.807, 2.05) is 38.0 Å². The molecule has 0 bridgehead atoms. The smallest absolute Gasteiger partial charge is 0.133 e. The van der Waals surface area contributed by atoms with Crippen molar-refractivity contribution in [2.75, 3.05) is 19.0 Å². The Hall–Kier alpha value is -1.88. The fraction of sp³-hybridized carbons (Fsp3) is 0.467. The second-order valence-electron chi connectivity index (χ2n) is 5.22. The van der Waals surface area contributed by atoms with Gasteiger partial charge in [-0.2, -0.15) is 0 Å². The molecule has 2 aromatic heterocycles. The molecule has 0 aliphatic heterocycles. The fourth-order valence-corrected chi connectivity index (χ4v) is 2.39. The van der Waals surface area contributed by atoms with E-state index in [0.717, 1.165) is 30.4 Å². The number of rotatable bonds is 5. The van der Waals surface area contributed by atoms with Crippen LogP contribution in [0.1, 0.15) is 22.6 Å². The molecule has 1 N–H and O–H groups in total. The van der Waals surface area contributed by atoms with Crippen molar-refractivity contribution in [2.45, 2.75) is 26.9 Å². The third-order valence-electron chi connectivity index (χ3n) is 3.47. The van der Waals surface area contributed by atoms with E-state index in [1.54, 1.807) is 0 Å². The Morgan fingerprint density at radius 2 is 2.10 bits per heavy atom. The van der Waals surface area contributed by atoms with Crippen LogP contribution >= 0.6 is 0 Å². The Labute approximate surface area is 120 Å². The Bertz CT molecular complexity index is 588. The average Bonchev–Trinajstić information content (AvgIpc) is 2.78. The van der Waals surface area contributed by atoms with Crippen LogP contribution in [-0.2, 0) is 20.1 Å². The number of imidazole rings is 1. The molecule has 0 spiro atoms. The first-order valence-electron chi connectivity index (χ1n) is 6.82. The van der Waals surface area contributed by atoms with Gasteiger partial charge in [-0.3, -0.25) is 0 Å². The van der Waals surface area contributed by atoms with E-state index in [1.165, 1.54) is 11.1 Å². The van der Waals surface area contributed by atoms with Crippen LogP contribution in [0, 0.1) is 13.8 Å².